The molecule has 4 nitrogen and oxygen atoms in total. The summed E-state index contributed by atoms with van der Waals surface area (Å²) in [6, 6.07) is 0. The van der Waals surface area contributed by atoms with Crippen molar-refractivity contribution in [3.63, 3.8) is 0 Å². The summed E-state index contributed by atoms with van der Waals surface area (Å²) < 4.78 is 6.22. The van der Waals surface area contributed by atoms with Gasteiger partial charge in [-0.15, -0.1) is 0 Å². The highest BCUT2D eigenvalue weighted by atomic mass is 16.5. The van der Waals surface area contributed by atoms with Crippen LogP contribution in [0, 0.1) is 0 Å². The normalized spacial score (nSPS) is 30.4. The molecule has 1 unspecified atom stereocenters. The van der Waals surface area contributed by atoms with Gasteiger partial charge in [-0.3, -0.25) is 4.79 Å². The molecule has 0 saturated carbocycles. The topological polar surface area (TPSA) is 50.4 Å². The number of nitrogens with one attached hydrogen (secondary N) is 2. The van der Waals surface area contributed by atoms with Crippen LogP contribution in [0.2, 0.25) is 0 Å². The first kappa shape index (κ1) is 15.8. The van der Waals surface area contributed by atoms with Crippen LogP contribution in [0.4, 0.5) is 0 Å². The summed E-state index contributed by atoms with van der Waals surface area (Å²) in [5.74, 6) is 0.0849. The van der Waals surface area contributed by atoms with E-state index >= 15 is 0 Å². The van der Waals surface area contributed by atoms with Crippen molar-refractivity contribution in [2.45, 2.75) is 96.1 Å². The Morgan fingerprint density at radius 3 is 2.30 bits per heavy atom. The van der Waals surface area contributed by atoms with Crippen molar-refractivity contribution in [3.8, 4) is 0 Å². The van der Waals surface area contributed by atoms with Gasteiger partial charge < -0.3 is 15.4 Å². The lowest BCUT2D eigenvalue weighted by Crippen LogP contribution is -2.65. The fourth-order valence-electron chi connectivity index (χ4n) is 4.08. The lowest BCUT2D eigenvalue weighted by molar-refractivity contribution is -0.146. The fourth-order valence-corrected chi connectivity index (χ4v) is 4.08. The number of unbranched alkanes of at least 4 members (excludes halogenated alkanes) is 2. The second-order valence-corrected chi connectivity index (χ2v) is 7.82. The quantitative estimate of drug-likeness (QED) is 0.780. The van der Waals surface area contributed by atoms with Gasteiger partial charge >= 0.3 is 0 Å². The van der Waals surface area contributed by atoms with E-state index in [9.17, 15) is 4.79 Å². The summed E-state index contributed by atoms with van der Waals surface area (Å²) in [4.78, 5) is 12.5. The maximum absolute atomic E-state index is 12.5. The van der Waals surface area contributed by atoms with Gasteiger partial charge in [-0.1, -0.05) is 19.8 Å². The van der Waals surface area contributed by atoms with Crippen LogP contribution in [0.3, 0.4) is 0 Å². The maximum Gasteiger partial charge on any atom is 0.254 e. The molecule has 2 fully saturated rings. The van der Waals surface area contributed by atoms with Crippen LogP contribution in [0.1, 0.15) is 73.1 Å². The van der Waals surface area contributed by atoms with E-state index in [2.05, 4.69) is 45.3 Å². The Morgan fingerprint density at radius 1 is 1.15 bits per heavy atom. The summed E-state index contributed by atoms with van der Waals surface area (Å²) >= 11 is 0. The third kappa shape index (κ3) is 3.34. The molecule has 2 heterocycles. The monoisotopic (exact) mass is 282 g/mol. The molecule has 0 aromatic carbocycles. The van der Waals surface area contributed by atoms with Gasteiger partial charge in [-0.25, -0.2) is 0 Å². The number of hydrogen-bond acceptors (Lipinski definition) is 3. The second-order valence-electron chi connectivity index (χ2n) is 7.82. The first-order valence-electron chi connectivity index (χ1n) is 7.96. The zero-order valence-corrected chi connectivity index (χ0v) is 13.6. The van der Waals surface area contributed by atoms with Crippen LogP contribution in [-0.2, 0) is 9.53 Å². The Balaban J connectivity index is 2.08. The number of carbonyl (C=O) groups excluding carboxylic acids is 1. The molecule has 1 spiro atoms. The van der Waals surface area contributed by atoms with Crippen molar-refractivity contribution in [1.29, 1.82) is 0 Å². The molecule has 0 radical (unpaired) electrons. The number of rotatable bonds is 4. The Labute approximate surface area is 123 Å². The fraction of sp³-hybridized carbons (Fsp3) is 0.938. The SMILES string of the molecule is CCCCCC1NC(=O)C2(CC(C)(C)NC(C)(C)C2)O1. The van der Waals surface area contributed by atoms with E-state index in [1.165, 1.54) is 12.8 Å². The Hall–Kier alpha value is -0.610. The minimum absolute atomic E-state index is 0.0849. The van der Waals surface area contributed by atoms with E-state index in [0.717, 1.165) is 25.7 Å². The van der Waals surface area contributed by atoms with Crippen LogP contribution in [0.15, 0.2) is 0 Å². The molecule has 2 rings (SSSR count). The molecule has 2 aliphatic rings. The molecule has 2 saturated heterocycles. The molecule has 116 valence electrons. The molecule has 1 amide bonds. The van der Waals surface area contributed by atoms with Crippen molar-refractivity contribution in [2.24, 2.45) is 0 Å². The van der Waals surface area contributed by atoms with Crippen LogP contribution in [0.25, 0.3) is 0 Å². The average Bonchev–Trinajstić information content (AvgIpc) is 2.50. The number of carbonyl (C=O) groups is 1. The van der Waals surface area contributed by atoms with Crippen LogP contribution < -0.4 is 10.6 Å². The highest BCUT2D eigenvalue weighted by Crippen LogP contribution is 2.42. The highest BCUT2D eigenvalue weighted by Gasteiger charge is 2.56. The van der Waals surface area contributed by atoms with Crippen molar-refractivity contribution in [2.75, 3.05) is 0 Å². The Bertz CT molecular complexity index is 361. The number of ether oxygens (including phenoxy) is 1. The summed E-state index contributed by atoms with van der Waals surface area (Å²) in [5, 5.41) is 6.67. The summed E-state index contributed by atoms with van der Waals surface area (Å²) in [6.07, 6.45) is 5.80. The predicted octanol–water partition coefficient (Wildman–Crippen LogP) is 2.72. The second kappa shape index (κ2) is 5.30. The van der Waals surface area contributed by atoms with Crippen molar-refractivity contribution < 1.29 is 9.53 Å². The van der Waals surface area contributed by atoms with E-state index in [0.29, 0.717) is 0 Å². The Kier molecular flexibility index (Phi) is 4.18. The van der Waals surface area contributed by atoms with E-state index in [1.807, 2.05) is 0 Å². The molecule has 2 N–H and O–H groups in total. The lowest BCUT2D eigenvalue weighted by Gasteiger charge is -2.49. The molecular weight excluding hydrogens is 252 g/mol. The Morgan fingerprint density at radius 2 is 1.75 bits per heavy atom. The van der Waals surface area contributed by atoms with Crippen molar-refractivity contribution in [3.05, 3.63) is 0 Å². The van der Waals surface area contributed by atoms with Crippen molar-refractivity contribution in [1.82, 2.24) is 10.6 Å². The summed E-state index contributed by atoms with van der Waals surface area (Å²) in [7, 11) is 0. The van der Waals surface area contributed by atoms with E-state index in [1.54, 1.807) is 0 Å². The van der Waals surface area contributed by atoms with Crippen LogP contribution >= 0.6 is 0 Å². The molecule has 0 aliphatic carbocycles. The van der Waals surface area contributed by atoms with Gasteiger partial charge in [0.25, 0.3) is 5.91 Å². The highest BCUT2D eigenvalue weighted by molar-refractivity contribution is 5.87. The van der Waals surface area contributed by atoms with Gasteiger partial charge in [-0.2, -0.15) is 0 Å². The van der Waals surface area contributed by atoms with Gasteiger partial charge in [0.1, 0.15) is 6.23 Å². The molecular formula is C16H30N2O2. The standard InChI is InChI=1S/C16H30N2O2/c1-6-7-8-9-12-17-13(19)16(20-12)10-14(2,3)18-15(4,5)11-16/h12,18H,6-11H2,1-5H3,(H,17,19). The van der Waals surface area contributed by atoms with Gasteiger partial charge in [0.2, 0.25) is 0 Å². The zero-order valence-electron chi connectivity index (χ0n) is 13.6. The van der Waals surface area contributed by atoms with E-state index in [4.69, 9.17) is 4.74 Å². The van der Waals surface area contributed by atoms with Crippen LogP contribution in [0.5, 0.6) is 0 Å². The number of hydrogen-bond donors (Lipinski definition) is 2. The van der Waals surface area contributed by atoms with Gasteiger partial charge in [0.15, 0.2) is 5.60 Å². The van der Waals surface area contributed by atoms with Gasteiger partial charge in [0, 0.05) is 23.9 Å². The van der Waals surface area contributed by atoms with Crippen LogP contribution in [-0.4, -0.2) is 28.8 Å². The number of piperidine rings is 1. The molecule has 2 aliphatic heterocycles. The van der Waals surface area contributed by atoms with Gasteiger partial charge in [-0.05, 0) is 40.5 Å². The third-order valence-electron chi connectivity index (χ3n) is 4.28. The first-order chi connectivity index (χ1) is 9.18. The zero-order chi connectivity index (χ0) is 15.0. The first-order valence-corrected chi connectivity index (χ1v) is 7.96. The molecule has 20 heavy (non-hydrogen) atoms. The average molecular weight is 282 g/mol. The minimum atomic E-state index is -0.644. The molecule has 0 aromatic heterocycles. The third-order valence-corrected chi connectivity index (χ3v) is 4.28. The maximum atomic E-state index is 12.5. The number of amides is 1. The predicted molar refractivity (Wildman–Crippen MR) is 80.4 cm³/mol. The van der Waals surface area contributed by atoms with Crippen molar-refractivity contribution >= 4 is 5.91 Å². The largest absolute Gasteiger partial charge is 0.342 e. The molecule has 4 heteroatoms. The van der Waals surface area contributed by atoms with E-state index in [-0.39, 0.29) is 23.2 Å². The summed E-state index contributed by atoms with van der Waals surface area (Å²) in [5.41, 5.74) is -0.816. The lowest BCUT2D eigenvalue weighted by atomic mass is 9.72. The smallest absolute Gasteiger partial charge is 0.254 e. The molecule has 0 aromatic rings. The van der Waals surface area contributed by atoms with E-state index < -0.39 is 5.60 Å². The minimum Gasteiger partial charge on any atom is -0.342 e. The molecule has 1 atom stereocenters. The van der Waals surface area contributed by atoms with Gasteiger partial charge in [0.05, 0.1) is 0 Å². The molecule has 0 bridgehead atoms. The summed E-state index contributed by atoms with van der Waals surface area (Å²) in [6.45, 7) is 10.8.